The van der Waals surface area contributed by atoms with Gasteiger partial charge in [0.15, 0.2) is 9.84 Å². The van der Waals surface area contributed by atoms with E-state index in [1.54, 1.807) is 37.5 Å². The van der Waals surface area contributed by atoms with Crippen LogP contribution in [0.5, 0.6) is 5.75 Å². The number of carbonyl (C=O) groups excluding carboxylic acids is 1. The quantitative estimate of drug-likeness (QED) is 0.274. The van der Waals surface area contributed by atoms with E-state index in [9.17, 15) is 23.3 Å². The average Bonchev–Trinajstić information content (AvgIpc) is 3.26. The maximum Gasteiger partial charge on any atom is 0.269 e. The number of non-ortho nitro benzene ring substituents is 1. The number of benzene rings is 2. The third-order valence-corrected chi connectivity index (χ3v) is 5.75. The van der Waals surface area contributed by atoms with E-state index in [0.29, 0.717) is 36.6 Å². The largest absolute Gasteiger partial charge is 0.493 e. The van der Waals surface area contributed by atoms with Crippen LogP contribution in [0.3, 0.4) is 0 Å². The van der Waals surface area contributed by atoms with Crippen LogP contribution in [0, 0.1) is 10.1 Å². The first kappa shape index (κ1) is 22.9. The van der Waals surface area contributed by atoms with Crippen LogP contribution in [0.25, 0.3) is 5.69 Å². The summed E-state index contributed by atoms with van der Waals surface area (Å²) in [5.74, 6) is 0.225. The van der Waals surface area contributed by atoms with Gasteiger partial charge in [0.2, 0.25) is 0 Å². The number of hydrogen-bond donors (Lipinski definition) is 0. The highest BCUT2D eigenvalue weighted by Crippen LogP contribution is 2.18. The molecule has 0 spiro atoms. The molecule has 0 aliphatic heterocycles. The SMILES string of the molecule is CN(CCCOc1cccc(S(C)(=O)=O)c1)C(=O)c1cnn(-c2ccc([N+](=O)[O-])cc2)c1. The van der Waals surface area contributed by atoms with Gasteiger partial charge in [-0.1, -0.05) is 6.07 Å². The minimum atomic E-state index is -3.31. The molecule has 1 heterocycles. The van der Waals surface area contributed by atoms with Crippen molar-refractivity contribution >= 4 is 21.4 Å². The minimum Gasteiger partial charge on any atom is -0.493 e. The molecule has 0 N–H and O–H groups in total. The lowest BCUT2D eigenvalue weighted by Gasteiger charge is -2.16. The Bertz CT molecular complexity index is 1220. The van der Waals surface area contributed by atoms with Gasteiger partial charge < -0.3 is 9.64 Å². The number of nitro groups is 1. The molecule has 0 radical (unpaired) electrons. The van der Waals surface area contributed by atoms with Crippen LogP contribution < -0.4 is 4.74 Å². The molecule has 10 nitrogen and oxygen atoms in total. The van der Waals surface area contributed by atoms with Crippen molar-refractivity contribution in [2.75, 3.05) is 26.5 Å². The maximum absolute atomic E-state index is 12.6. The molecule has 1 aromatic heterocycles. The number of nitrogens with zero attached hydrogens (tertiary/aromatic N) is 4. The van der Waals surface area contributed by atoms with Crippen molar-refractivity contribution in [3.05, 3.63) is 76.6 Å². The van der Waals surface area contributed by atoms with Crippen LogP contribution in [0.15, 0.2) is 65.8 Å². The Balaban J connectivity index is 1.52. The first-order valence-corrected chi connectivity index (χ1v) is 11.5. The molecular weight excluding hydrogens is 436 g/mol. The van der Waals surface area contributed by atoms with Crippen LogP contribution in [0.2, 0.25) is 0 Å². The summed E-state index contributed by atoms with van der Waals surface area (Å²) >= 11 is 0. The molecule has 0 atom stereocenters. The summed E-state index contributed by atoms with van der Waals surface area (Å²) in [4.78, 5) is 24.6. The van der Waals surface area contributed by atoms with E-state index >= 15 is 0 Å². The van der Waals surface area contributed by atoms with E-state index in [-0.39, 0.29) is 16.5 Å². The van der Waals surface area contributed by atoms with Crippen LogP contribution in [-0.2, 0) is 9.84 Å². The molecule has 0 fully saturated rings. The van der Waals surface area contributed by atoms with Crippen LogP contribution >= 0.6 is 0 Å². The highest BCUT2D eigenvalue weighted by atomic mass is 32.2. The van der Waals surface area contributed by atoms with Gasteiger partial charge in [-0.3, -0.25) is 14.9 Å². The number of ether oxygens (including phenoxy) is 1. The third kappa shape index (κ3) is 5.70. The topological polar surface area (TPSA) is 125 Å². The number of rotatable bonds is 9. The molecule has 1 amide bonds. The number of nitro benzene ring substituents is 1. The highest BCUT2D eigenvalue weighted by molar-refractivity contribution is 7.90. The lowest BCUT2D eigenvalue weighted by Crippen LogP contribution is -2.28. The standard InChI is InChI=1S/C21H22N4O6S/c1-23(11-4-12-31-19-5-3-6-20(13-19)32(2,29)30)21(26)16-14-22-24(15-16)17-7-9-18(10-8-17)25(27)28/h3,5-10,13-15H,4,11-12H2,1-2H3. The Morgan fingerprint density at radius 1 is 1.22 bits per heavy atom. The predicted octanol–water partition coefficient (Wildman–Crippen LogP) is 2.73. The number of amides is 1. The first-order chi connectivity index (χ1) is 15.1. The maximum atomic E-state index is 12.6. The summed E-state index contributed by atoms with van der Waals surface area (Å²) in [7, 11) is -1.64. The first-order valence-electron chi connectivity index (χ1n) is 9.63. The summed E-state index contributed by atoms with van der Waals surface area (Å²) in [6.45, 7) is 0.736. The molecule has 0 aliphatic carbocycles. The zero-order valence-electron chi connectivity index (χ0n) is 17.5. The Morgan fingerprint density at radius 3 is 2.59 bits per heavy atom. The predicted molar refractivity (Wildman–Crippen MR) is 117 cm³/mol. The van der Waals surface area contributed by atoms with Gasteiger partial charge in [-0.25, -0.2) is 13.1 Å². The lowest BCUT2D eigenvalue weighted by molar-refractivity contribution is -0.384. The van der Waals surface area contributed by atoms with Gasteiger partial charge in [-0.05, 0) is 36.8 Å². The van der Waals surface area contributed by atoms with Crippen LogP contribution in [0.4, 0.5) is 5.69 Å². The zero-order chi connectivity index (χ0) is 23.3. The molecule has 0 saturated carbocycles. The summed E-state index contributed by atoms with van der Waals surface area (Å²) in [5.41, 5.74) is 0.955. The molecule has 11 heteroatoms. The number of aromatic nitrogens is 2. The lowest BCUT2D eigenvalue weighted by atomic mass is 10.3. The smallest absolute Gasteiger partial charge is 0.269 e. The van der Waals surface area contributed by atoms with E-state index in [0.717, 1.165) is 6.26 Å². The van der Waals surface area contributed by atoms with Gasteiger partial charge in [-0.2, -0.15) is 5.10 Å². The third-order valence-electron chi connectivity index (χ3n) is 4.64. The van der Waals surface area contributed by atoms with Crippen molar-refractivity contribution in [1.29, 1.82) is 0 Å². The van der Waals surface area contributed by atoms with Gasteiger partial charge >= 0.3 is 0 Å². The Hall–Kier alpha value is -3.73. The molecule has 0 unspecified atom stereocenters. The molecule has 0 aliphatic rings. The van der Waals surface area contributed by atoms with Crippen molar-refractivity contribution < 1.29 is 22.9 Å². The van der Waals surface area contributed by atoms with Gasteiger partial charge in [0.25, 0.3) is 11.6 Å². The van der Waals surface area contributed by atoms with Crippen LogP contribution in [0.1, 0.15) is 16.8 Å². The molecule has 3 rings (SSSR count). The number of sulfone groups is 1. The second-order valence-corrected chi connectivity index (χ2v) is 9.14. The fraction of sp³-hybridized carbons (Fsp3) is 0.238. The summed E-state index contributed by atoms with van der Waals surface area (Å²) in [5, 5.41) is 14.9. The van der Waals surface area contributed by atoms with E-state index in [2.05, 4.69) is 5.10 Å². The molecule has 0 bridgehead atoms. The monoisotopic (exact) mass is 458 g/mol. The Kier molecular flexibility index (Phi) is 6.89. The second kappa shape index (κ2) is 9.60. The van der Waals surface area contributed by atoms with Crippen molar-refractivity contribution in [2.24, 2.45) is 0 Å². The number of hydrogen-bond acceptors (Lipinski definition) is 7. The van der Waals surface area contributed by atoms with E-state index in [4.69, 9.17) is 4.74 Å². The van der Waals surface area contributed by atoms with Crippen molar-refractivity contribution in [3.63, 3.8) is 0 Å². The molecule has 32 heavy (non-hydrogen) atoms. The Morgan fingerprint density at radius 2 is 1.94 bits per heavy atom. The van der Waals surface area contributed by atoms with Gasteiger partial charge in [0.1, 0.15) is 5.75 Å². The van der Waals surface area contributed by atoms with Crippen LogP contribution in [-0.4, -0.2) is 60.4 Å². The number of carbonyl (C=O) groups is 1. The molecule has 0 saturated heterocycles. The fourth-order valence-corrected chi connectivity index (χ4v) is 3.57. The van der Waals surface area contributed by atoms with E-state index in [1.807, 2.05) is 0 Å². The van der Waals surface area contributed by atoms with Crippen molar-refractivity contribution in [3.8, 4) is 11.4 Å². The molecule has 168 valence electrons. The molecule has 2 aromatic carbocycles. The summed E-state index contributed by atoms with van der Waals surface area (Å²) < 4.78 is 30.3. The Labute approximate surface area is 185 Å². The second-order valence-electron chi connectivity index (χ2n) is 7.12. The fourth-order valence-electron chi connectivity index (χ4n) is 2.91. The normalized spacial score (nSPS) is 11.2. The summed E-state index contributed by atoms with van der Waals surface area (Å²) in [6.07, 6.45) is 4.68. The highest BCUT2D eigenvalue weighted by Gasteiger charge is 2.15. The molecule has 3 aromatic rings. The zero-order valence-corrected chi connectivity index (χ0v) is 18.4. The minimum absolute atomic E-state index is 0.0257. The molecular formula is C21H22N4O6S. The van der Waals surface area contributed by atoms with Gasteiger partial charge in [0.05, 0.1) is 33.9 Å². The van der Waals surface area contributed by atoms with Crippen molar-refractivity contribution in [1.82, 2.24) is 14.7 Å². The van der Waals surface area contributed by atoms with Gasteiger partial charge in [-0.15, -0.1) is 0 Å². The average molecular weight is 458 g/mol. The summed E-state index contributed by atoms with van der Waals surface area (Å²) in [6, 6.07) is 12.1. The van der Waals surface area contributed by atoms with Crippen molar-refractivity contribution in [2.45, 2.75) is 11.3 Å². The van der Waals surface area contributed by atoms with Gasteiger partial charge in [0, 0.05) is 38.2 Å². The van der Waals surface area contributed by atoms with E-state index in [1.165, 1.54) is 40.0 Å². The van der Waals surface area contributed by atoms with E-state index < -0.39 is 14.8 Å².